The largest absolute Gasteiger partial charge is 0.497 e. The number of methoxy groups -OCH3 is 2. The van der Waals surface area contributed by atoms with Gasteiger partial charge in [-0.2, -0.15) is 0 Å². The molecule has 2 rings (SSSR count). The van der Waals surface area contributed by atoms with E-state index in [4.69, 9.17) is 9.47 Å². The van der Waals surface area contributed by atoms with E-state index in [0.717, 1.165) is 35.3 Å². The van der Waals surface area contributed by atoms with Gasteiger partial charge in [0.1, 0.15) is 11.5 Å². The molecule has 0 saturated heterocycles. The van der Waals surface area contributed by atoms with E-state index in [9.17, 15) is 5.11 Å². The third-order valence-corrected chi connectivity index (χ3v) is 4.11. The van der Waals surface area contributed by atoms with Crippen LogP contribution in [0.4, 0.5) is 0 Å². The zero-order chi connectivity index (χ0) is 16.9. The SMILES string of the molecule is CCCc1c(OC)cc(OC)cc1C(C)(O)Cc1ccccc1. The molecule has 2 aromatic carbocycles. The van der Waals surface area contributed by atoms with Gasteiger partial charge >= 0.3 is 0 Å². The van der Waals surface area contributed by atoms with Crippen molar-refractivity contribution in [2.24, 2.45) is 0 Å². The second-order valence-corrected chi connectivity index (χ2v) is 6.04. The molecule has 0 fully saturated rings. The molecule has 1 N–H and O–H groups in total. The third-order valence-electron chi connectivity index (χ3n) is 4.11. The zero-order valence-electron chi connectivity index (χ0n) is 14.4. The summed E-state index contributed by atoms with van der Waals surface area (Å²) >= 11 is 0. The van der Waals surface area contributed by atoms with Crippen molar-refractivity contribution in [2.75, 3.05) is 14.2 Å². The van der Waals surface area contributed by atoms with Crippen LogP contribution in [0.5, 0.6) is 11.5 Å². The van der Waals surface area contributed by atoms with Gasteiger partial charge in [0.05, 0.1) is 19.8 Å². The van der Waals surface area contributed by atoms with Crippen LogP contribution < -0.4 is 9.47 Å². The smallest absolute Gasteiger partial charge is 0.126 e. The first-order valence-corrected chi connectivity index (χ1v) is 8.03. The second kappa shape index (κ2) is 7.51. The standard InChI is InChI=1S/C20H26O3/c1-5-9-17-18(12-16(22-3)13-19(17)23-4)20(2,21)14-15-10-7-6-8-11-15/h6-8,10-13,21H,5,9,14H2,1-4H3. The molecule has 0 spiro atoms. The molecule has 0 amide bonds. The van der Waals surface area contributed by atoms with Gasteiger partial charge in [-0.25, -0.2) is 0 Å². The van der Waals surface area contributed by atoms with Gasteiger partial charge in [0, 0.05) is 18.1 Å². The summed E-state index contributed by atoms with van der Waals surface area (Å²) in [6.45, 7) is 3.98. The Balaban J connectivity index is 2.49. The van der Waals surface area contributed by atoms with Crippen molar-refractivity contribution in [3.8, 4) is 11.5 Å². The quantitative estimate of drug-likeness (QED) is 0.836. The average molecular weight is 314 g/mol. The molecule has 0 aliphatic carbocycles. The molecular formula is C20H26O3. The lowest BCUT2D eigenvalue weighted by molar-refractivity contribution is 0.0561. The average Bonchev–Trinajstić information content (AvgIpc) is 2.55. The van der Waals surface area contributed by atoms with Crippen LogP contribution in [-0.2, 0) is 18.4 Å². The Kier molecular flexibility index (Phi) is 5.67. The van der Waals surface area contributed by atoms with E-state index in [1.54, 1.807) is 14.2 Å². The number of aliphatic hydroxyl groups is 1. The van der Waals surface area contributed by atoms with Crippen LogP contribution in [0.25, 0.3) is 0 Å². The molecule has 1 atom stereocenters. The van der Waals surface area contributed by atoms with Gasteiger partial charge in [0.2, 0.25) is 0 Å². The van der Waals surface area contributed by atoms with Crippen LogP contribution >= 0.6 is 0 Å². The molecule has 0 aliphatic heterocycles. The second-order valence-electron chi connectivity index (χ2n) is 6.04. The Hall–Kier alpha value is -2.00. The van der Waals surface area contributed by atoms with Crippen molar-refractivity contribution in [3.63, 3.8) is 0 Å². The minimum absolute atomic E-state index is 0.543. The molecule has 3 nitrogen and oxygen atoms in total. The fraction of sp³-hybridized carbons (Fsp3) is 0.400. The molecule has 3 heteroatoms. The molecule has 0 radical (unpaired) electrons. The fourth-order valence-electron chi connectivity index (χ4n) is 3.00. The monoisotopic (exact) mass is 314 g/mol. The highest BCUT2D eigenvalue weighted by molar-refractivity contribution is 5.49. The molecular weight excluding hydrogens is 288 g/mol. The zero-order valence-corrected chi connectivity index (χ0v) is 14.4. The maximum absolute atomic E-state index is 11.2. The predicted molar refractivity (Wildman–Crippen MR) is 93.3 cm³/mol. The van der Waals surface area contributed by atoms with Crippen molar-refractivity contribution in [1.82, 2.24) is 0 Å². The summed E-state index contributed by atoms with van der Waals surface area (Å²) < 4.78 is 10.9. The third kappa shape index (κ3) is 4.05. The van der Waals surface area contributed by atoms with Crippen molar-refractivity contribution in [3.05, 3.63) is 59.2 Å². The van der Waals surface area contributed by atoms with E-state index in [1.807, 2.05) is 49.4 Å². The molecule has 23 heavy (non-hydrogen) atoms. The lowest BCUT2D eigenvalue weighted by Gasteiger charge is -2.28. The Morgan fingerprint density at radius 1 is 1.04 bits per heavy atom. The molecule has 0 saturated carbocycles. The van der Waals surface area contributed by atoms with Crippen LogP contribution in [0.2, 0.25) is 0 Å². The van der Waals surface area contributed by atoms with Crippen LogP contribution in [0.3, 0.4) is 0 Å². The highest BCUT2D eigenvalue weighted by Crippen LogP contribution is 2.37. The molecule has 0 heterocycles. The van der Waals surface area contributed by atoms with Crippen LogP contribution in [0.1, 0.15) is 37.0 Å². The predicted octanol–water partition coefficient (Wildman–Crippen LogP) is 4.11. The number of hydrogen-bond acceptors (Lipinski definition) is 3. The van der Waals surface area contributed by atoms with Gasteiger partial charge in [-0.15, -0.1) is 0 Å². The number of hydrogen-bond donors (Lipinski definition) is 1. The molecule has 0 aliphatic rings. The summed E-state index contributed by atoms with van der Waals surface area (Å²) in [5.41, 5.74) is 2.03. The first-order valence-electron chi connectivity index (χ1n) is 8.03. The van der Waals surface area contributed by atoms with Crippen LogP contribution in [0, 0.1) is 0 Å². The summed E-state index contributed by atoms with van der Waals surface area (Å²) in [6, 6.07) is 13.8. The van der Waals surface area contributed by atoms with Crippen LogP contribution in [0.15, 0.2) is 42.5 Å². The Morgan fingerprint density at radius 3 is 2.30 bits per heavy atom. The van der Waals surface area contributed by atoms with E-state index < -0.39 is 5.60 Å². The van der Waals surface area contributed by atoms with E-state index >= 15 is 0 Å². The van der Waals surface area contributed by atoms with Gasteiger partial charge < -0.3 is 14.6 Å². The van der Waals surface area contributed by atoms with E-state index in [2.05, 4.69) is 6.92 Å². The minimum Gasteiger partial charge on any atom is -0.497 e. The van der Waals surface area contributed by atoms with Crippen molar-refractivity contribution in [2.45, 2.75) is 38.7 Å². The fourth-order valence-corrected chi connectivity index (χ4v) is 3.00. The topological polar surface area (TPSA) is 38.7 Å². The summed E-state index contributed by atoms with van der Waals surface area (Å²) in [5.74, 6) is 1.47. The Bertz CT molecular complexity index is 633. The van der Waals surface area contributed by atoms with Gasteiger partial charge in [0.25, 0.3) is 0 Å². The van der Waals surface area contributed by atoms with E-state index in [0.29, 0.717) is 12.2 Å². The summed E-state index contributed by atoms with van der Waals surface area (Å²) in [5, 5.41) is 11.2. The molecule has 0 aromatic heterocycles. The van der Waals surface area contributed by atoms with Crippen molar-refractivity contribution >= 4 is 0 Å². The number of rotatable bonds is 7. The minimum atomic E-state index is -0.992. The lowest BCUT2D eigenvalue weighted by atomic mass is 9.84. The lowest BCUT2D eigenvalue weighted by Crippen LogP contribution is -2.26. The normalized spacial score (nSPS) is 13.4. The summed E-state index contributed by atoms with van der Waals surface area (Å²) in [4.78, 5) is 0. The number of benzene rings is 2. The van der Waals surface area contributed by atoms with E-state index in [1.165, 1.54) is 0 Å². The summed E-state index contributed by atoms with van der Waals surface area (Å²) in [6.07, 6.45) is 2.38. The van der Waals surface area contributed by atoms with Gasteiger partial charge in [-0.3, -0.25) is 0 Å². The van der Waals surface area contributed by atoms with Crippen LogP contribution in [-0.4, -0.2) is 19.3 Å². The first-order chi connectivity index (χ1) is 11.0. The summed E-state index contributed by atoms with van der Waals surface area (Å²) in [7, 11) is 3.29. The highest BCUT2D eigenvalue weighted by Gasteiger charge is 2.29. The Labute approximate surface area is 138 Å². The molecule has 2 aromatic rings. The Morgan fingerprint density at radius 2 is 1.74 bits per heavy atom. The maximum Gasteiger partial charge on any atom is 0.126 e. The van der Waals surface area contributed by atoms with Gasteiger partial charge in [-0.05, 0) is 30.5 Å². The van der Waals surface area contributed by atoms with Gasteiger partial charge in [-0.1, -0.05) is 43.7 Å². The molecule has 0 bridgehead atoms. The van der Waals surface area contributed by atoms with Crippen molar-refractivity contribution < 1.29 is 14.6 Å². The highest BCUT2D eigenvalue weighted by atomic mass is 16.5. The van der Waals surface area contributed by atoms with E-state index in [-0.39, 0.29) is 0 Å². The van der Waals surface area contributed by atoms with Crippen molar-refractivity contribution in [1.29, 1.82) is 0 Å². The maximum atomic E-state index is 11.2. The molecule has 1 unspecified atom stereocenters. The number of ether oxygens (including phenoxy) is 2. The van der Waals surface area contributed by atoms with Gasteiger partial charge in [0.15, 0.2) is 0 Å². The molecule has 124 valence electrons. The first kappa shape index (κ1) is 17.4.